The highest BCUT2D eigenvalue weighted by Gasteiger charge is 2.09. The molecule has 3 heterocycles. The Labute approximate surface area is 139 Å². The van der Waals surface area contributed by atoms with Crippen LogP contribution in [0.4, 0.5) is 5.82 Å². The lowest BCUT2D eigenvalue weighted by Gasteiger charge is -2.15. The standard InChI is InChI=1S/C18H17N5O/c1-13-9-10-23(21-13)18-8-7-17(19-20-18)22(2)12-15-11-14-5-3-4-6-16(14)24-15/h3-11H,12H2,1-2H3. The van der Waals surface area contributed by atoms with Crippen LogP contribution in [0, 0.1) is 6.92 Å². The number of furan rings is 1. The summed E-state index contributed by atoms with van der Waals surface area (Å²) in [5, 5.41) is 14.0. The van der Waals surface area contributed by atoms with Gasteiger partial charge in [0.05, 0.1) is 12.2 Å². The lowest BCUT2D eigenvalue weighted by Crippen LogP contribution is -2.18. The number of hydrogen-bond acceptors (Lipinski definition) is 5. The topological polar surface area (TPSA) is 60.0 Å². The van der Waals surface area contributed by atoms with Gasteiger partial charge in [-0.25, -0.2) is 4.68 Å². The monoisotopic (exact) mass is 319 g/mol. The second kappa shape index (κ2) is 5.81. The van der Waals surface area contributed by atoms with E-state index in [1.54, 1.807) is 4.68 Å². The van der Waals surface area contributed by atoms with Crippen molar-refractivity contribution in [2.24, 2.45) is 0 Å². The SMILES string of the molecule is Cc1ccn(-c2ccc(N(C)Cc3cc4ccccc4o3)nn2)n1. The fourth-order valence-corrected chi connectivity index (χ4v) is 2.62. The largest absolute Gasteiger partial charge is 0.459 e. The van der Waals surface area contributed by atoms with Crippen LogP contribution in [0.3, 0.4) is 0 Å². The first kappa shape index (κ1) is 14.4. The number of aryl methyl sites for hydroxylation is 1. The minimum absolute atomic E-state index is 0.629. The smallest absolute Gasteiger partial charge is 0.175 e. The van der Waals surface area contributed by atoms with Crippen molar-refractivity contribution in [3.05, 3.63) is 66.2 Å². The van der Waals surface area contributed by atoms with E-state index in [9.17, 15) is 0 Å². The number of hydrogen-bond donors (Lipinski definition) is 0. The third kappa shape index (κ3) is 2.74. The summed E-state index contributed by atoms with van der Waals surface area (Å²) < 4.78 is 7.57. The molecular weight excluding hydrogens is 302 g/mol. The van der Waals surface area contributed by atoms with Gasteiger partial charge >= 0.3 is 0 Å². The van der Waals surface area contributed by atoms with E-state index in [4.69, 9.17) is 4.42 Å². The van der Waals surface area contributed by atoms with Gasteiger partial charge in [-0.1, -0.05) is 18.2 Å². The van der Waals surface area contributed by atoms with E-state index >= 15 is 0 Å². The van der Waals surface area contributed by atoms with Crippen LogP contribution in [0.5, 0.6) is 0 Å². The highest BCUT2D eigenvalue weighted by Crippen LogP contribution is 2.21. The molecule has 0 spiro atoms. The second-order valence-corrected chi connectivity index (χ2v) is 5.76. The molecule has 0 saturated heterocycles. The Balaban J connectivity index is 1.52. The quantitative estimate of drug-likeness (QED) is 0.577. The Morgan fingerprint density at radius 1 is 1.08 bits per heavy atom. The summed E-state index contributed by atoms with van der Waals surface area (Å²) in [6.45, 7) is 2.57. The zero-order valence-corrected chi connectivity index (χ0v) is 13.5. The van der Waals surface area contributed by atoms with Crippen LogP contribution in [-0.2, 0) is 6.54 Å². The van der Waals surface area contributed by atoms with Gasteiger partial charge in [0.25, 0.3) is 0 Å². The summed E-state index contributed by atoms with van der Waals surface area (Å²) in [6, 6.07) is 15.8. The van der Waals surface area contributed by atoms with Crippen LogP contribution in [0.25, 0.3) is 16.8 Å². The molecule has 0 aliphatic carbocycles. The number of aromatic nitrogens is 4. The predicted molar refractivity (Wildman–Crippen MR) is 92.2 cm³/mol. The molecule has 0 atom stereocenters. The predicted octanol–water partition coefficient (Wildman–Crippen LogP) is 3.35. The van der Waals surface area contributed by atoms with Crippen LogP contribution in [0.2, 0.25) is 0 Å². The van der Waals surface area contributed by atoms with Crippen LogP contribution < -0.4 is 4.90 Å². The third-order valence-electron chi connectivity index (χ3n) is 3.85. The van der Waals surface area contributed by atoms with Crippen molar-refractivity contribution in [1.29, 1.82) is 0 Å². The van der Waals surface area contributed by atoms with Crippen molar-refractivity contribution in [1.82, 2.24) is 20.0 Å². The molecular formula is C18H17N5O. The van der Waals surface area contributed by atoms with Crippen molar-refractivity contribution in [2.45, 2.75) is 13.5 Å². The van der Waals surface area contributed by atoms with Crippen LogP contribution in [0.15, 0.2) is 59.1 Å². The lowest BCUT2D eigenvalue weighted by molar-refractivity contribution is 0.544. The molecule has 120 valence electrons. The van der Waals surface area contributed by atoms with E-state index < -0.39 is 0 Å². The highest BCUT2D eigenvalue weighted by atomic mass is 16.3. The minimum Gasteiger partial charge on any atom is -0.459 e. The Morgan fingerprint density at radius 2 is 1.96 bits per heavy atom. The van der Waals surface area contributed by atoms with Crippen molar-refractivity contribution >= 4 is 16.8 Å². The second-order valence-electron chi connectivity index (χ2n) is 5.76. The number of nitrogens with zero attached hydrogens (tertiary/aromatic N) is 5. The summed E-state index contributed by atoms with van der Waals surface area (Å²) in [6.07, 6.45) is 1.87. The molecule has 0 unspecified atom stereocenters. The Hall–Kier alpha value is -3.15. The van der Waals surface area contributed by atoms with Gasteiger partial charge in [0, 0.05) is 18.6 Å². The average Bonchev–Trinajstić information content (AvgIpc) is 3.20. The zero-order valence-electron chi connectivity index (χ0n) is 13.5. The van der Waals surface area contributed by atoms with Crippen molar-refractivity contribution in [3.8, 4) is 5.82 Å². The molecule has 0 aliphatic rings. The number of rotatable bonds is 4. The zero-order chi connectivity index (χ0) is 16.5. The lowest BCUT2D eigenvalue weighted by atomic mass is 10.2. The van der Waals surface area contributed by atoms with Crippen molar-refractivity contribution in [2.75, 3.05) is 11.9 Å². The maximum Gasteiger partial charge on any atom is 0.175 e. The molecule has 0 radical (unpaired) electrons. The molecule has 0 saturated carbocycles. The molecule has 0 amide bonds. The van der Waals surface area contributed by atoms with Gasteiger partial charge < -0.3 is 9.32 Å². The summed E-state index contributed by atoms with van der Waals surface area (Å²) in [4.78, 5) is 2.00. The molecule has 6 heteroatoms. The minimum atomic E-state index is 0.629. The summed E-state index contributed by atoms with van der Waals surface area (Å²) in [7, 11) is 1.97. The van der Waals surface area contributed by atoms with E-state index in [0.29, 0.717) is 12.4 Å². The van der Waals surface area contributed by atoms with Gasteiger partial charge in [-0.15, -0.1) is 10.2 Å². The first-order valence-corrected chi connectivity index (χ1v) is 7.74. The van der Waals surface area contributed by atoms with E-state index in [1.807, 2.05) is 67.5 Å². The molecule has 0 N–H and O–H groups in total. The van der Waals surface area contributed by atoms with Gasteiger partial charge in [0.2, 0.25) is 0 Å². The van der Waals surface area contributed by atoms with Crippen LogP contribution in [-0.4, -0.2) is 27.0 Å². The maximum atomic E-state index is 5.85. The molecule has 4 rings (SSSR count). The fourth-order valence-electron chi connectivity index (χ4n) is 2.62. The van der Waals surface area contributed by atoms with Crippen LogP contribution >= 0.6 is 0 Å². The summed E-state index contributed by atoms with van der Waals surface area (Å²) in [5.74, 6) is 2.37. The normalized spacial score (nSPS) is 11.1. The molecule has 1 aromatic carbocycles. The summed E-state index contributed by atoms with van der Waals surface area (Å²) >= 11 is 0. The van der Waals surface area contributed by atoms with Gasteiger partial charge in [-0.3, -0.25) is 0 Å². The number of para-hydroxylation sites is 1. The molecule has 24 heavy (non-hydrogen) atoms. The molecule has 0 bridgehead atoms. The van der Waals surface area contributed by atoms with Gasteiger partial charge in [-0.05, 0) is 37.3 Å². The van der Waals surface area contributed by atoms with Gasteiger partial charge in [0.1, 0.15) is 11.3 Å². The fraction of sp³-hybridized carbons (Fsp3) is 0.167. The van der Waals surface area contributed by atoms with Crippen molar-refractivity contribution in [3.63, 3.8) is 0 Å². The average molecular weight is 319 g/mol. The van der Waals surface area contributed by atoms with E-state index in [2.05, 4.69) is 21.4 Å². The first-order valence-electron chi connectivity index (χ1n) is 7.74. The van der Waals surface area contributed by atoms with E-state index in [-0.39, 0.29) is 0 Å². The highest BCUT2D eigenvalue weighted by molar-refractivity contribution is 5.77. The van der Waals surface area contributed by atoms with Gasteiger partial charge in [0.15, 0.2) is 11.6 Å². The van der Waals surface area contributed by atoms with Crippen LogP contribution in [0.1, 0.15) is 11.5 Å². The summed E-state index contributed by atoms with van der Waals surface area (Å²) in [5.41, 5.74) is 1.85. The number of benzene rings is 1. The Bertz CT molecular complexity index is 937. The Kier molecular flexibility index (Phi) is 3.49. The van der Waals surface area contributed by atoms with Crippen molar-refractivity contribution < 1.29 is 4.42 Å². The Morgan fingerprint density at radius 3 is 2.67 bits per heavy atom. The number of fused-ring (bicyclic) bond motifs is 1. The third-order valence-corrected chi connectivity index (χ3v) is 3.85. The molecule has 6 nitrogen and oxygen atoms in total. The molecule has 0 aliphatic heterocycles. The van der Waals surface area contributed by atoms with Gasteiger partial charge in [-0.2, -0.15) is 5.10 Å². The maximum absolute atomic E-state index is 5.85. The van der Waals surface area contributed by atoms with E-state index in [0.717, 1.165) is 28.2 Å². The molecule has 0 fully saturated rings. The molecule has 3 aromatic heterocycles. The first-order chi connectivity index (χ1) is 11.7. The molecule has 4 aromatic rings. The van der Waals surface area contributed by atoms with E-state index in [1.165, 1.54) is 0 Å². The number of anilines is 1.